The van der Waals surface area contributed by atoms with Gasteiger partial charge in [-0.15, -0.1) is 0 Å². The van der Waals surface area contributed by atoms with Crippen LogP contribution in [-0.2, 0) is 6.54 Å². The van der Waals surface area contributed by atoms with E-state index in [-0.39, 0.29) is 12.5 Å². The average molecular weight is 448 g/mol. The average Bonchev–Trinajstić information content (AvgIpc) is 3.12. The molecule has 1 aromatic heterocycles. The lowest BCUT2D eigenvalue weighted by Crippen LogP contribution is -2.22. The van der Waals surface area contributed by atoms with Crippen molar-refractivity contribution in [3.63, 3.8) is 0 Å². The molecule has 1 aliphatic heterocycles. The van der Waals surface area contributed by atoms with Gasteiger partial charge < -0.3 is 19.5 Å². The van der Waals surface area contributed by atoms with Crippen LogP contribution in [0.2, 0.25) is 0 Å². The highest BCUT2D eigenvalue weighted by molar-refractivity contribution is 5.99. The number of aliphatic hydroxyl groups is 1. The second-order valence-corrected chi connectivity index (χ2v) is 9.74. The molecular weight excluding hydrogens is 414 g/mol. The van der Waals surface area contributed by atoms with Gasteiger partial charge >= 0.3 is 5.97 Å². The van der Waals surface area contributed by atoms with Crippen molar-refractivity contribution in [3.05, 3.63) is 53.1 Å². The number of carboxylic acid groups (broad SMARTS) is 1. The van der Waals surface area contributed by atoms with E-state index in [0.29, 0.717) is 18.1 Å². The van der Waals surface area contributed by atoms with Crippen molar-refractivity contribution in [2.45, 2.75) is 64.3 Å². The first kappa shape index (κ1) is 22.0. The topological polar surface area (TPSA) is 71.7 Å². The molecule has 1 aliphatic carbocycles. The predicted molar refractivity (Wildman–Crippen MR) is 130 cm³/mol. The number of ether oxygens (including phenoxy) is 1. The summed E-state index contributed by atoms with van der Waals surface area (Å²) in [4.78, 5) is 11.8. The maximum Gasteiger partial charge on any atom is 0.335 e. The Bertz CT molecular complexity index is 1170. The first-order valence-corrected chi connectivity index (χ1v) is 12.3. The van der Waals surface area contributed by atoms with E-state index in [4.69, 9.17) is 4.74 Å². The summed E-state index contributed by atoms with van der Waals surface area (Å²) in [7, 11) is 0. The summed E-state index contributed by atoms with van der Waals surface area (Å²) < 4.78 is 8.76. The molecule has 0 radical (unpaired) electrons. The number of rotatable bonds is 5. The molecule has 1 fully saturated rings. The Hall–Kier alpha value is -2.79. The number of aryl methyl sites for hydroxylation is 1. The van der Waals surface area contributed by atoms with E-state index in [1.54, 1.807) is 6.07 Å². The summed E-state index contributed by atoms with van der Waals surface area (Å²) in [5, 5.41) is 20.3. The summed E-state index contributed by atoms with van der Waals surface area (Å²) in [6.07, 6.45) is 7.70. The fraction of sp³-hybridized carbons (Fsp3) is 0.464. The molecule has 0 bridgehead atoms. The van der Waals surface area contributed by atoms with Crippen LogP contribution >= 0.6 is 0 Å². The van der Waals surface area contributed by atoms with Gasteiger partial charge in [0.1, 0.15) is 5.75 Å². The number of nitrogens with zero attached hydrogens (tertiary/aromatic N) is 1. The van der Waals surface area contributed by atoms with Crippen LogP contribution in [0.4, 0.5) is 0 Å². The van der Waals surface area contributed by atoms with Crippen molar-refractivity contribution in [1.29, 1.82) is 0 Å². The molecule has 0 saturated heterocycles. The van der Waals surface area contributed by atoms with Crippen LogP contribution in [0.5, 0.6) is 5.75 Å². The Balaban J connectivity index is 1.81. The third kappa shape index (κ3) is 4.04. The van der Waals surface area contributed by atoms with Gasteiger partial charge in [0, 0.05) is 35.5 Å². The molecule has 0 unspecified atom stereocenters. The second-order valence-electron chi connectivity index (χ2n) is 9.74. The summed E-state index contributed by atoms with van der Waals surface area (Å²) in [5.41, 5.74) is 6.24. The van der Waals surface area contributed by atoms with Crippen LogP contribution in [-0.4, -0.2) is 34.0 Å². The number of fused-ring (bicyclic) bond motifs is 5. The van der Waals surface area contributed by atoms with E-state index in [9.17, 15) is 15.0 Å². The number of aromatic nitrogens is 1. The number of hydrogen-bond donors (Lipinski definition) is 2. The highest BCUT2D eigenvalue weighted by Crippen LogP contribution is 2.48. The van der Waals surface area contributed by atoms with Crippen LogP contribution in [0.15, 0.2) is 36.4 Å². The minimum Gasteiger partial charge on any atom is -0.493 e. The smallest absolute Gasteiger partial charge is 0.335 e. The van der Waals surface area contributed by atoms with Gasteiger partial charge in [0.2, 0.25) is 0 Å². The minimum absolute atomic E-state index is 0.169. The zero-order valence-electron chi connectivity index (χ0n) is 19.3. The Kier molecular flexibility index (Phi) is 6.15. The Morgan fingerprint density at radius 1 is 1.15 bits per heavy atom. The SMILES string of the molecule is Cc1cccc2c1-c1c(C3CCCCC3)c3ccc(C(=O)O)cc3n1C[C@@H](CCCO)CO2. The molecule has 2 aromatic carbocycles. The third-order valence-corrected chi connectivity index (χ3v) is 7.52. The van der Waals surface area contributed by atoms with Crippen LogP contribution in [0, 0.1) is 12.8 Å². The van der Waals surface area contributed by atoms with Gasteiger partial charge in [-0.3, -0.25) is 0 Å². The number of carbonyl (C=O) groups is 1. The van der Waals surface area contributed by atoms with E-state index in [1.807, 2.05) is 18.2 Å². The molecule has 2 N–H and O–H groups in total. The van der Waals surface area contributed by atoms with Crippen molar-refractivity contribution in [2.24, 2.45) is 5.92 Å². The first-order chi connectivity index (χ1) is 16.1. The number of benzene rings is 2. The fourth-order valence-electron chi connectivity index (χ4n) is 5.91. The van der Waals surface area contributed by atoms with Crippen LogP contribution in [0.1, 0.15) is 72.3 Å². The lowest BCUT2D eigenvalue weighted by molar-refractivity contribution is 0.0697. The molecule has 2 aliphatic rings. The maximum absolute atomic E-state index is 11.8. The summed E-state index contributed by atoms with van der Waals surface area (Å²) in [6.45, 7) is 3.66. The van der Waals surface area contributed by atoms with E-state index < -0.39 is 5.97 Å². The lowest BCUT2D eigenvalue weighted by atomic mass is 9.81. The molecule has 0 amide bonds. The van der Waals surface area contributed by atoms with E-state index in [0.717, 1.165) is 36.2 Å². The molecule has 5 nitrogen and oxygen atoms in total. The predicted octanol–water partition coefficient (Wildman–Crippen LogP) is 6.14. The quantitative estimate of drug-likeness (QED) is 0.492. The third-order valence-electron chi connectivity index (χ3n) is 7.52. The molecule has 33 heavy (non-hydrogen) atoms. The number of aliphatic hydroxyl groups excluding tert-OH is 1. The highest BCUT2D eigenvalue weighted by atomic mass is 16.5. The van der Waals surface area contributed by atoms with Gasteiger partial charge in [-0.25, -0.2) is 4.79 Å². The zero-order valence-corrected chi connectivity index (χ0v) is 19.3. The number of hydrogen-bond acceptors (Lipinski definition) is 3. The normalized spacial score (nSPS) is 18.8. The van der Waals surface area contributed by atoms with E-state index in [2.05, 4.69) is 23.6 Å². The maximum atomic E-state index is 11.8. The van der Waals surface area contributed by atoms with Gasteiger partial charge in [-0.2, -0.15) is 0 Å². The van der Waals surface area contributed by atoms with Crippen molar-refractivity contribution in [3.8, 4) is 17.0 Å². The Morgan fingerprint density at radius 3 is 2.73 bits per heavy atom. The standard InChI is InChI=1S/C28H33NO4/c1-18-7-5-11-24-25(18)27-26(20-9-3-2-4-10-20)22-13-12-21(28(31)32)15-23(22)29(27)16-19(17-33-24)8-6-14-30/h5,7,11-13,15,19-20,30H,2-4,6,8-10,14,16-17H2,1H3,(H,31,32)/t19-/m1/s1. The van der Waals surface area contributed by atoms with Crippen molar-refractivity contribution in [2.75, 3.05) is 13.2 Å². The Labute approximate surface area is 195 Å². The monoisotopic (exact) mass is 447 g/mol. The summed E-state index contributed by atoms with van der Waals surface area (Å²) >= 11 is 0. The van der Waals surface area contributed by atoms with Gasteiger partial charge in [-0.1, -0.05) is 37.5 Å². The molecule has 174 valence electrons. The van der Waals surface area contributed by atoms with Crippen molar-refractivity contribution in [1.82, 2.24) is 4.57 Å². The molecule has 3 aromatic rings. The number of carboxylic acids is 1. The highest BCUT2D eigenvalue weighted by Gasteiger charge is 2.31. The van der Waals surface area contributed by atoms with Gasteiger partial charge in [0.15, 0.2) is 0 Å². The molecule has 5 heteroatoms. The minimum atomic E-state index is -0.894. The number of aromatic carboxylic acids is 1. The Morgan fingerprint density at radius 2 is 1.97 bits per heavy atom. The molecule has 2 heterocycles. The zero-order chi connectivity index (χ0) is 22.9. The van der Waals surface area contributed by atoms with E-state index >= 15 is 0 Å². The van der Waals surface area contributed by atoms with Crippen molar-refractivity contribution < 1.29 is 19.7 Å². The molecular formula is C28H33NO4. The van der Waals surface area contributed by atoms with Crippen LogP contribution in [0.25, 0.3) is 22.2 Å². The summed E-state index contributed by atoms with van der Waals surface area (Å²) in [5.74, 6) is 0.723. The largest absolute Gasteiger partial charge is 0.493 e. The van der Waals surface area contributed by atoms with Gasteiger partial charge in [-0.05, 0) is 67.9 Å². The fourth-order valence-corrected chi connectivity index (χ4v) is 5.91. The lowest BCUT2D eigenvalue weighted by Gasteiger charge is -2.29. The van der Waals surface area contributed by atoms with Crippen LogP contribution in [0.3, 0.4) is 0 Å². The van der Waals surface area contributed by atoms with Gasteiger partial charge in [0.25, 0.3) is 0 Å². The molecule has 1 saturated carbocycles. The molecule has 0 spiro atoms. The summed E-state index contributed by atoms with van der Waals surface area (Å²) in [6, 6.07) is 11.9. The van der Waals surface area contributed by atoms with E-state index in [1.165, 1.54) is 54.3 Å². The van der Waals surface area contributed by atoms with Gasteiger partial charge in [0.05, 0.1) is 17.9 Å². The molecule has 1 atom stereocenters. The van der Waals surface area contributed by atoms with Crippen LogP contribution < -0.4 is 4.74 Å². The first-order valence-electron chi connectivity index (χ1n) is 12.3. The van der Waals surface area contributed by atoms with Crippen molar-refractivity contribution >= 4 is 16.9 Å². The molecule has 5 rings (SSSR count). The second kappa shape index (κ2) is 9.22.